The summed E-state index contributed by atoms with van der Waals surface area (Å²) in [6.45, 7) is 4.67. The molecule has 41 heavy (non-hydrogen) atoms. The lowest BCUT2D eigenvalue weighted by Gasteiger charge is -2.27. The van der Waals surface area contributed by atoms with Crippen LogP contribution in [0.25, 0.3) is 22.8 Å². The van der Waals surface area contributed by atoms with Gasteiger partial charge >= 0.3 is 5.92 Å². The van der Waals surface area contributed by atoms with E-state index in [-0.39, 0.29) is 25.9 Å². The second kappa shape index (κ2) is 11.0. The van der Waals surface area contributed by atoms with Gasteiger partial charge in [-0.05, 0) is 44.0 Å². The van der Waals surface area contributed by atoms with Gasteiger partial charge in [0, 0.05) is 43.7 Å². The van der Waals surface area contributed by atoms with Crippen LogP contribution in [0, 0.1) is 12.7 Å². The van der Waals surface area contributed by atoms with E-state index in [9.17, 15) is 4.39 Å². The molecule has 1 aliphatic rings. The number of aliphatic hydroxyl groups excluding tert-OH is 1. The van der Waals surface area contributed by atoms with Crippen LogP contribution in [0.15, 0.2) is 55.0 Å². The van der Waals surface area contributed by atoms with Crippen LogP contribution in [-0.2, 0) is 19.0 Å². The maximum Gasteiger partial charge on any atom is 0.334 e. The zero-order valence-electron chi connectivity index (χ0n) is 22.3. The first-order chi connectivity index (χ1) is 19.3. The van der Waals surface area contributed by atoms with Gasteiger partial charge in [0.2, 0.25) is 11.8 Å². The van der Waals surface area contributed by atoms with Crippen molar-refractivity contribution in [2.45, 2.75) is 45.3 Å². The molecular formula is C27H28F3N9OS. The molecule has 0 saturated carbocycles. The molecule has 5 aromatic rings. The van der Waals surface area contributed by atoms with E-state index < -0.39 is 29.2 Å². The van der Waals surface area contributed by atoms with Crippen molar-refractivity contribution in [3.05, 3.63) is 77.8 Å². The van der Waals surface area contributed by atoms with Gasteiger partial charge in [-0.25, -0.2) is 19.0 Å². The molecule has 0 spiro atoms. The molecule has 0 bridgehead atoms. The molecule has 0 saturated heterocycles. The summed E-state index contributed by atoms with van der Waals surface area (Å²) in [5.74, 6) is -3.95. The van der Waals surface area contributed by atoms with Gasteiger partial charge in [-0.1, -0.05) is 12.1 Å². The summed E-state index contributed by atoms with van der Waals surface area (Å²) in [7, 11) is 0. The van der Waals surface area contributed by atoms with Crippen LogP contribution in [0.1, 0.15) is 36.3 Å². The molecule has 214 valence electrons. The third-order valence-corrected chi connectivity index (χ3v) is 6.95. The van der Waals surface area contributed by atoms with Gasteiger partial charge in [0.05, 0.1) is 29.2 Å². The number of halogens is 3. The molecule has 5 heterocycles. The van der Waals surface area contributed by atoms with E-state index in [1.807, 2.05) is 23.8 Å². The van der Waals surface area contributed by atoms with Crippen LogP contribution >= 0.6 is 13.5 Å². The summed E-state index contributed by atoms with van der Waals surface area (Å²) in [6, 6.07) is 8.03. The van der Waals surface area contributed by atoms with Gasteiger partial charge in [-0.2, -0.15) is 27.4 Å². The highest BCUT2D eigenvalue weighted by atomic mass is 32.1. The number of rotatable bonds is 8. The molecule has 10 nitrogen and oxygen atoms in total. The van der Waals surface area contributed by atoms with Gasteiger partial charge in [0.1, 0.15) is 11.6 Å². The number of alkyl halides is 2. The number of hydrogen-bond donors (Lipinski definition) is 2. The van der Waals surface area contributed by atoms with E-state index in [1.165, 1.54) is 16.7 Å². The lowest BCUT2D eigenvalue weighted by molar-refractivity contribution is 0.0231. The van der Waals surface area contributed by atoms with Crippen molar-refractivity contribution < 1.29 is 18.3 Å². The van der Waals surface area contributed by atoms with E-state index >= 15 is 8.78 Å². The average molecular weight is 584 g/mol. The van der Waals surface area contributed by atoms with Gasteiger partial charge in [0.25, 0.3) is 0 Å². The lowest BCUT2D eigenvalue weighted by Crippen LogP contribution is -2.28. The standard InChI is InChI=1S/C27H26F3N9O.H2S/c1-16-13-31-26(33-22-8-9-32-38(22)10-5-11-40)34-23(16)18-12-21-24-35-36-25(39(24)17(2)14-37(21)15-18)27(29,30)19-6-3-4-7-20(19)28;/h3-4,6-9,12-13,15,17,40H,5,10-11,14H2,1-2H3,(H,31,33,34);1H2/t17-;/m0./s1. The monoisotopic (exact) mass is 583 g/mol. The highest BCUT2D eigenvalue weighted by molar-refractivity contribution is 7.59. The summed E-state index contributed by atoms with van der Waals surface area (Å²) < 4.78 is 50.4. The Morgan fingerprint density at radius 2 is 1.98 bits per heavy atom. The zero-order valence-corrected chi connectivity index (χ0v) is 23.3. The van der Waals surface area contributed by atoms with Crippen LogP contribution in [0.2, 0.25) is 0 Å². The third-order valence-electron chi connectivity index (χ3n) is 6.95. The average Bonchev–Trinajstić information content (AvgIpc) is 3.67. The minimum atomic E-state index is -3.67. The summed E-state index contributed by atoms with van der Waals surface area (Å²) >= 11 is 0. The number of anilines is 2. The fraction of sp³-hybridized carbons (Fsp3) is 0.296. The number of fused-ring (bicyclic) bond motifs is 3. The largest absolute Gasteiger partial charge is 0.396 e. The number of benzene rings is 1. The Morgan fingerprint density at radius 1 is 1.17 bits per heavy atom. The quantitative estimate of drug-likeness (QED) is 0.270. The maximum absolute atomic E-state index is 15.5. The first kappa shape index (κ1) is 28.4. The molecule has 1 aliphatic heterocycles. The topological polar surface area (TPSA) is 112 Å². The minimum Gasteiger partial charge on any atom is -0.396 e. The van der Waals surface area contributed by atoms with Crippen molar-refractivity contribution in [1.82, 2.24) is 39.1 Å². The molecule has 0 aliphatic carbocycles. The Labute approximate surface area is 240 Å². The molecule has 1 atom stereocenters. The summed E-state index contributed by atoms with van der Waals surface area (Å²) in [5.41, 5.74) is 2.11. The fourth-order valence-electron chi connectivity index (χ4n) is 5.03. The Morgan fingerprint density at radius 3 is 2.76 bits per heavy atom. The highest BCUT2D eigenvalue weighted by Crippen LogP contribution is 2.42. The molecule has 6 rings (SSSR count). The van der Waals surface area contributed by atoms with Crippen LogP contribution < -0.4 is 5.32 Å². The Bertz CT molecular complexity index is 1700. The number of aromatic nitrogens is 8. The third kappa shape index (κ3) is 4.97. The second-order valence-corrected chi connectivity index (χ2v) is 9.75. The Kier molecular flexibility index (Phi) is 7.62. The second-order valence-electron chi connectivity index (χ2n) is 9.75. The number of nitrogens with one attached hydrogen (secondary N) is 1. The number of hydrogen-bond acceptors (Lipinski definition) is 7. The van der Waals surface area contributed by atoms with E-state index in [0.717, 1.165) is 23.3 Å². The van der Waals surface area contributed by atoms with Crippen LogP contribution in [0.4, 0.5) is 24.9 Å². The summed E-state index contributed by atoms with van der Waals surface area (Å²) in [6.07, 6.45) is 5.82. The Balaban J connectivity index is 0.00000337. The molecule has 14 heteroatoms. The highest BCUT2D eigenvalue weighted by Gasteiger charge is 2.44. The minimum absolute atomic E-state index is 0. The Hall–Kier alpha value is -4.17. The lowest BCUT2D eigenvalue weighted by atomic mass is 10.1. The number of aliphatic hydroxyl groups is 1. The normalized spacial score (nSPS) is 14.3. The number of nitrogens with zero attached hydrogens (tertiary/aromatic N) is 8. The van der Waals surface area contributed by atoms with Gasteiger partial charge in [-0.3, -0.25) is 4.57 Å². The molecule has 0 amide bonds. The number of aryl methyl sites for hydroxylation is 2. The first-order valence-electron chi connectivity index (χ1n) is 12.8. The van der Waals surface area contributed by atoms with E-state index in [1.54, 1.807) is 30.1 Å². The van der Waals surface area contributed by atoms with Gasteiger partial charge in [0.15, 0.2) is 5.82 Å². The summed E-state index contributed by atoms with van der Waals surface area (Å²) in [5, 5.41) is 24.5. The SMILES string of the molecule is Cc1cnc(Nc2ccnn2CCCO)nc1-c1cc2n(c1)C[C@H](C)n1c-2nnc1C(F)(F)c1ccccc1F.S. The molecule has 0 fully saturated rings. The van der Waals surface area contributed by atoms with Crippen molar-refractivity contribution in [1.29, 1.82) is 0 Å². The predicted octanol–water partition coefficient (Wildman–Crippen LogP) is 4.80. The van der Waals surface area contributed by atoms with Crippen molar-refractivity contribution >= 4 is 25.3 Å². The fourth-order valence-corrected chi connectivity index (χ4v) is 5.03. The van der Waals surface area contributed by atoms with Crippen molar-refractivity contribution in [3.63, 3.8) is 0 Å². The smallest absolute Gasteiger partial charge is 0.334 e. The maximum atomic E-state index is 15.5. The summed E-state index contributed by atoms with van der Waals surface area (Å²) in [4.78, 5) is 9.12. The van der Waals surface area contributed by atoms with Gasteiger partial charge < -0.3 is 15.0 Å². The zero-order chi connectivity index (χ0) is 28.0. The molecule has 0 radical (unpaired) electrons. The van der Waals surface area contributed by atoms with Crippen LogP contribution in [0.3, 0.4) is 0 Å². The molecule has 2 N–H and O–H groups in total. The molecule has 4 aromatic heterocycles. The van der Waals surface area contributed by atoms with Gasteiger partial charge in [-0.15, -0.1) is 10.2 Å². The van der Waals surface area contributed by atoms with Crippen LogP contribution in [0.5, 0.6) is 0 Å². The molecule has 1 aromatic carbocycles. The molecule has 0 unspecified atom stereocenters. The first-order valence-corrected chi connectivity index (χ1v) is 12.8. The van der Waals surface area contributed by atoms with Crippen LogP contribution in [-0.4, -0.2) is 50.8 Å². The van der Waals surface area contributed by atoms with Crippen molar-refractivity contribution in [2.75, 3.05) is 11.9 Å². The van der Waals surface area contributed by atoms with E-state index in [0.29, 0.717) is 42.7 Å². The predicted molar refractivity (Wildman–Crippen MR) is 151 cm³/mol. The van der Waals surface area contributed by atoms with E-state index in [2.05, 4.69) is 25.6 Å². The van der Waals surface area contributed by atoms with Crippen molar-refractivity contribution in [2.24, 2.45) is 0 Å². The van der Waals surface area contributed by atoms with E-state index in [4.69, 9.17) is 10.1 Å². The molecular weight excluding hydrogens is 555 g/mol. The van der Waals surface area contributed by atoms with Crippen molar-refractivity contribution in [3.8, 4) is 22.8 Å².